The van der Waals surface area contributed by atoms with Crippen LogP contribution < -0.4 is 10.6 Å². The minimum atomic E-state index is -0.948. The highest BCUT2D eigenvalue weighted by Crippen LogP contribution is 2.20. The molecule has 2 amide bonds. The minimum Gasteiger partial charge on any atom is -0.465 e. The van der Waals surface area contributed by atoms with Crippen molar-refractivity contribution in [2.75, 3.05) is 19.0 Å². The molecule has 2 aromatic rings. The van der Waals surface area contributed by atoms with E-state index in [0.29, 0.717) is 29.3 Å². The first-order valence-electron chi connectivity index (χ1n) is 8.54. The number of carbonyl (C=O) groups is 3. The van der Waals surface area contributed by atoms with E-state index in [0.717, 1.165) is 12.1 Å². The van der Waals surface area contributed by atoms with Gasteiger partial charge in [-0.2, -0.15) is 0 Å². The molecular weight excluding hydrogens is 370 g/mol. The van der Waals surface area contributed by atoms with Crippen molar-refractivity contribution in [3.63, 3.8) is 0 Å². The van der Waals surface area contributed by atoms with Crippen LogP contribution in [0.25, 0.3) is 0 Å². The molecule has 0 aliphatic rings. The lowest BCUT2D eigenvalue weighted by Gasteiger charge is -2.11. The summed E-state index contributed by atoms with van der Waals surface area (Å²) in [5.74, 6) is -3.19. The van der Waals surface area contributed by atoms with Crippen LogP contribution in [0.4, 0.5) is 14.5 Å². The van der Waals surface area contributed by atoms with Crippen LogP contribution in [0.5, 0.6) is 0 Å². The van der Waals surface area contributed by atoms with Crippen molar-refractivity contribution in [3.8, 4) is 0 Å². The molecule has 0 aromatic heterocycles. The predicted octanol–water partition coefficient (Wildman–Crippen LogP) is 3.21. The molecular formula is C20H20F2N2O4. The summed E-state index contributed by atoms with van der Waals surface area (Å²) in [4.78, 5) is 35.6. The summed E-state index contributed by atoms with van der Waals surface area (Å²) in [7, 11) is 1.28. The quantitative estimate of drug-likeness (QED) is 0.562. The normalized spacial score (nSPS) is 10.3. The van der Waals surface area contributed by atoms with Crippen LogP contribution in [0.2, 0.25) is 0 Å². The van der Waals surface area contributed by atoms with Crippen molar-refractivity contribution in [1.29, 1.82) is 0 Å². The van der Waals surface area contributed by atoms with Crippen LogP contribution in [0.3, 0.4) is 0 Å². The summed E-state index contributed by atoms with van der Waals surface area (Å²) in [6, 6.07) is 7.58. The molecule has 0 saturated carbocycles. The van der Waals surface area contributed by atoms with E-state index in [-0.39, 0.29) is 24.4 Å². The van der Waals surface area contributed by atoms with Crippen LogP contribution in [-0.4, -0.2) is 31.4 Å². The molecule has 8 heteroatoms. The molecule has 2 rings (SSSR count). The van der Waals surface area contributed by atoms with Gasteiger partial charge >= 0.3 is 5.97 Å². The van der Waals surface area contributed by atoms with Crippen LogP contribution in [0.15, 0.2) is 36.4 Å². The Balaban J connectivity index is 1.83. The Morgan fingerprint density at radius 1 is 1.07 bits per heavy atom. The molecule has 2 aromatic carbocycles. The third-order valence-electron chi connectivity index (χ3n) is 4.06. The number of benzene rings is 2. The molecule has 0 radical (unpaired) electrons. The van der Waals surface area contributed by atoms with E-state index in [1.165, 1.54) is 7.11 Å². The molecule has 0 fully saturated rings. The molecule has 148 valence electrons. The molecule has 0 heterocycles. The van der Waals surface area contributed by atoms with Crippen molar-refractivity contribution in [2.45, 2.75) is 19.8 Å². The van der Waals surface area contributed by atoms with E-state index in [9.17, 15) is 23.2 Å². The van der Waals surface area contributed by atoms with Crippen molar-refractivity contribution in [1.82, 2.24) is 5.32 Å². The van der Waals surface area contributed by atoms with Crippen molar-refractivity contribution in [3.05, 3.63) is 64.7 Å². The number of nitrogens with one attached hydrogen (secondary N) is 2. The molecule has 6 nitrogen and oxygen atoms in total. The highest BCUT2D eigenvalue weighted by atomic mass is 19.1. The fourth-order valence-corrected chi connectivity index (χ4v) is 2.53. The molecule has 0 bridgehead atoms. The standard InChI is InChI=1S/C20H20F2N2O4/c1-12-14(20(27)28-2)5-3-6-17(12)24-18(25)7-4-10-23-19(26)15-9-8-13(21)11-16(15)22/h3,5-6,8-9,11H,4,7,10H2,1-2H3,(H,23,26)(H,24,25). The number of hydrogen-bond donors (Lipinski definition) is 2. The van der Waals surface area contributed by atoms with Gasteiger partial charge in [0.25, 0.3) is 5.91 Å². The Bertz CT molecular complexity index is 900. The van der Waals surface area contributed by atoms with Crippen LogP contribution in [-0.2, 0) is 9.53 Å². The summed E-state index contributed by atoms with van der Waals surface area (Å²) >= 11 is 0. The van der Waals surface area contributed by atoms with E-state index in [4.69, 9.17) is 4.74 Å². The van der Waals surface area contributed by atoms with E-state index >= 15 is 0 Å². The fraction of sp³-hybridized carbons (Fsp3) is 0.250. The van der Waals surface area contributed by atoms with Gasteiger partial charge in [0.1, 0.15) is 11.6 Å². The van der Waals surface area contributed by atoms with Crippen molar-refractivity contribution >= 4 is 23.5 Å². The highest BCUT2D eigenvalue weighted by Gasteiger charge is 2.14. The Kier molecular flexibility index (Phi) is 7.20. The molecule has 0 aliphatic carbocycles. The first kappa shape index (κ1) is 21.0. The van der Waals surface area contributed by atoms with Gasteiger partial charge in [0.15, 0.2) is 0 Å². The predicted molar refractivity (Wildman–Crippen MR) is 99.1 cm³/mol. The lowest BCUT2D eigenvalue weighted by molar-refractivity contribution is -0.116. The van der Waals surface area contributed by atoms with E-state index in [1.54, 1.807) is 25.1 Å². The maximum absolute atomic E-state index is 13.5. The molecule has 28 heavy (non-hydrogen) atoms. The monoisotopic (exact) mass is 390 g/mol. The summed E-state index contributed by atoms with van der Waals surface area (Å²) in [6.07, 6.45) is 0.421. The van der Waals surface area contributed by atoms with E-state index in [1.807, 2.05) is 0 Å². The van der Waals surface area contributed by atoms with Gasteiger partial charge in [0, 0.05) is 24.7 Å². The van der Waals surface area contributed by atoms with Gasteiger partial charge in [-0.15, -0.1) is 0 Å². The number of esters is 1. The minimum absolute atomic E-state index is 0.105. The number of carbonyl (C=O) groups excluding carboxylic acids is 3. The first-order chi connectivity index (χ1) is 13.3. The van der Waals surface area contributed by atoms with Crippen molar-refractivity contribution < 1.29 is 27.9 Å². The zero-order chi connectivity index (χ0) is 20.7. The summed E-state index contributed by atoms with van der Waals surface area (Å²) in [6.45, 7) is 1.84. The average Bonchev–Trinajstić information content (AvgIpc) is 2.66. The van der Waals surface area contributed by atoms with Gasteiger partial charge in [0.05, 0.1) is 18.2 Å². The highest BCUT2D eigenvalue weighted by molar-refractivity contribution is 5.97. The largest absolute Gasteiger partial charge is 0.465 e. The molecule has 0 spiro atoms. The van der Waals surface area contributed by atoms with Gasteiger partial charge in [0.2, 0.25) is 5.91 Å². The average molecular weight is 390 g/mol. The van der Waals surface area contributed by atoms with Gasteiger partial charge in [-0.25, -0.2) is 13.6 Å². The molecule has 0 atom stereocenters. The first-order valence-corrected chi connectivity index (χ1v) is 8.54. The van der Waals surface area contributed by atoms with Gasteiger partial charge in [-0.1, -0.05) is 6.07 Å². The Labute approximate surface area is 160 Å². The number of amides is 2. The lowest BCUT2D eigenvalue weighted by Crippen LogP contribution is -2.26. The summed E-state index contributed by atoms with van der Waals surface area (Å²) in [5, 5.41) is 5.18. The third-order valence-corrected chi connectivity index (χ3v) is 4.06. The Morgan fingerprint density at radius 3 is 2.50 bits per heavy atom. The Morgan fingerprint density at radius 2 is 1.82 bits per heavy atom. The van der Waals surface area contributed by atoms with Crippen LogP contribution >= 0.6 is 0 Å². The zero-order valence-electron chi connectivity index (χ0n) is 15.5. The lowest BCUT2D eigenvalue weighted by atomic mass is 10.1. The van der Waals surface area contributed by atoms with Gasteiger partial charge < -0.3 is 15.4 Å². The summed E-state index contributed by atoms with van der Waals surface area (Å²) in [5.41, 5.74) is 1.17. The smallest absolute Gasteiger partial charge is 0.338 e. The fourth-order valence-electron chi connectivity index (χ4n) is 2.53. The van der Waals surface area contributed by atoms with Crippen molar-refractivity contribution in [2.24, 2.45) is 0 Å². The summed E-state index contributed by atoms with van der Waals surface area (Å²) < 4.78 is 31.1. The van der Waals surface area contributed by atoms with Crippen LogP contribution in [0.1, 0.15) is 39.1 Å². The molecule has 0 aliphatic heterocycles. The number of hydrogen-bond acceptors (Lipinski definition) is 4. The second kappa shape index (κ2) is 9.59. The number of halogens is 2. The number of ether oxygens (including phenoxy) is 1. The van der Waals surface area contributed by atoms with Crippen LogP contribution in [0, 0.1) is 18.6 Å². The van der Waals surface area contributed by atoms with Gasteiger partial charge in [-0.3, -0.25) is 9.59 Å². The maximum atomic E-state index is 13.5. The SMILES string of the molecule is COC(=O)c1cccc(NC(=O)CCCNC(=O)c2ccc(F)cc2F)c1C. The van der Waals surface area contributed by atoms with E-state index in [2.05, 4.69) is 10.6 Å². The third kappa shape index (κ3) is 5.35. The van der Waals surface area contributed by atoms with Gasteiger partial charge in [-0.05, 0) is 43.2 Å². The topological polar surface area (TPSA) is 84.5 Å². The number of methoxy groups -OCH3 is 1. The van der Waals surface area contributed by atoms with E-state index < -0.39 is 23.5 Å². The molecule has 0 unspecified atom stereocenters. The number of rotatable bonds is 7. The second-order valence-electron chi connectivity index (χ2n) is 6.00. The Hall–Kier alpha value is -3.29. The maximum Gasteiger partial charge on any atom is 0.338 e. The zero-order valence-corrected chi connectivity index (χ0v) is 15.5. The molecule has 0 saturated heterocycles. The second-order valence-corrected chi connectivity index (χ2v) is 6.00. The number of anilines is 1. The molecule has 2 N–H and O–H groups in total.